The van der Waals surface area contributed by atoms with Crippen LogP contribution in [0, 0.1) is 12.7 Å². The average molecular weight is 281 g/mol. The molecule has 0 fully saturated rings. The second kappa shape index (κ2) is 5.93. The van der Waals surface area contributed by atoms with Gasteiger partial charge in [-0.2, -0.15) is 0 Å². The molecule has 2 aromatic carbocycles. The number of halogens is 2. The van der Waals surface area contributed by atoms with Crippen molar-refractivity contribution in [2.24, 2.45) is 0 Å². The van der Waals surface area contributed by atoms with Crippen LogP contribution in [0.1, 0.15) is 11.1 Å². The fraction of sp³-hybridized carbons (Fsp3) is 0.200. The molecular formula is C15H14ClFO2. The summed E-state index contributed by atoms with van der Waals surface area (Å²) in [5.74, 6) is 0.888. The standard InChI is InChI=1S/C15H14ClFO2/c1-10-3-5-13(17)8-15(10)19-9-11-7-12(16)4-6-14(11)18-2/h3-8H,9H2,1-2H3. The van der Waals surface area contributed by atoms with Crippen LogP contribution < -0.4 is 9.47 Å². The maximum Gasteiger partial charge on any atom is 0.126 e. The van der Waals surface area contributed by atoms with Crippen LogP contribution in [0.4, 0.5) is 4.39 Å². The number of benzene rings is 2. The van der Waals surface area contributed by atoms with Crippen molar-refractivity contribution in [3.05, 3.63) is 58.4 Å². The third-order valence-corrected chi connectivity index (χ3v) is 3.01. The molecule has 2 nitrogen and oxygen atoms in total. The Hall–Kier alpha value is -1.74. The number of methoxy groups -OCH3 is 1. The van der Waals surface area contributed by atoms with E-state index in [0.29, 0.717) is 16.5 Å². The van der Waals surface area contributed by atoms with Crippen LogP contribution in [0.25, 0.3) is 0 Å². The van der Waals surface area contributed by atoms with Gasteiger partial charge in [0.15, 0.2) is 0 Å². The van der Waals surface area contributed by atoms with Crippen molar-refractivity contribution in [2.75, 3.05) is 7.11 Å². The molecule has 0 aromatic heterocycles. The summed E-state index contributed by atoms with van der Waals surface area (Å²) in [7, 11) is 1.58. The van der Waals surface area contributed by atoms with Gasteiger partial charge in [0.1, 0.15) is 23.9 Å². The lowest BCUT2D eigenvalue weighted by molar-refractivity contribution is 0.293. The van der Waals surface area contributed by atoms with Gasteiger partial charge in [-0.3, -0.25) is 0 Å². The first-order valence-electron chi connectivity index (χ1n) is 5.81. The van der Waals surface area contributed by atoms with E-state index in [0.717, 1.165) is 11.1 Å². The molecule has 0 saturated heterocycles. The second-order valence-electron chi connectivity index (χ2n) is 4.15. The first kappa shape index (κ1) is 13.7. The SMILES string of the molecule is COc1ccc(Cl)cc1COc1cc(F)ccc1C. The molecule has 2 rings (SSSR count). The molecule has 0 N–H and O–H groups in total. The molecule has 0 spiro atoms. The normalized spacial score (nSPS) is 10.3. The Morgan fingerprint density at radius 2 is 1.89 bits per heavy atom. The first-order valence-corrected chi connectivity index (χ1v) is 6.19. The van der Waals surface area contributed by atoms with Crippen LogP contribution in [-0.4, -0.2) is 7.11 Å². The van der Waals surface area contributed by atoms with Gasteiger partial charge in [0.05, 0.1) is 7.11 Å². The monoisotopic (exact) mass is 280 g/mol. The molecule has 0 heterocycles. The number of rotatable bonds is 4. The van der Waals surface area contributed by atoms with E-state index >= 15 is 0 Å². The Labute approximate surface area is 116 Å². The molecular weight excluding hydrogens is 267 g/mol. The van der Waals surface area contributed by atoms with Gasteiger partial charge in [0.25, 0.3) is 0 Å². The summed E-state index contributed by atoms with van der Waals surface area (Å²) in [5.41, 5.74) is 1.70. The fourth-order valence-electron chi connectivity index (χ4n) is 1.74. The fourth-order valence-corrected chi connectivity index (χ4v) is 1.94. The van der Waals surface area contributed by atoms with Crippen molar-refractivity contribution in [1.29, 1.82) is 0 Å². The van der Waals surface area contributed by atoms with Gasteiger partial charge in [-0.25, -0.2) is 4.39 Å². The molecule has 0 unspecified atom stereocenters. The van der Waals surface area contributed by atoms with E-state index in [1.807, 2.05) is 6.92 Å². The Morgan fingerprint density at radius 1 is 1.11 bits per heavy atom. The van der Waals surface area contributed by atoms with Crippen molar-refractivity contribution in [3.8, 4) is 11.5 Å². The minimum Gasteiger partial charge on any atom is -0.496 e. The Bertz CT molecular complexity index is 584. The lowest BCUT2D eigenvalue weighted by Gasteiger charge is -2.12. The van der Waals surface area contributed by atoms with Crippen LogP contribution >= 0.6 is 11.6 Å². The molecule has 0 aliphatic heterocycles. The van der Waals surface area contributed by atoms with Crippen molar-refractivity contribution in [3.63, 3.8) is 0 Å². The number of ether oxygens (including phenoxy) is 2. The summed E-state index contributed by atoms with van der Waals surface area (Å²) < 4.78 is 24.0. The Kier molecular flexibility index (Phi) is 4.27. The highest BCUT2D eigenvalue weighted by Gasteiger charge is 2.07. The maximum atomic E-state index is 13.2. The molecule has 0 amide bonds. The van der Waals surface area contributed by atoms with Crippen LogP contribution in [0.15, 0.2) is 36.4 Å². The molecule has 4 heteroatoms. The summed E-state index contributed by atoms with van der Waals surface area (Å²) in [6, 6.07) is 9.75. The van der Waals surface area contributed by atoms with Gasteiger partial charge in [-0.15, -0.1) is 0 Å². The molecule has 0 bridgehead atoms. The highest BCUT2D eigenvalue weighted by molar-refractivity contribution is 6.30. The Balaban J connectivity index is 2.18. The maximum absolute atomic E-state index is 13.2. The van der Waals surface area contributed by atoms with E-state index in [1.165, 1.54) is 12.1 Å². The van der Waals surface area contributed by atoms with Crippen molar-refractivity contribution in [1.82, 2.24) is 0 Å². The molecule has 19 heavy (non-hydrogen) atoms. The molecule has 0 aliphatic carbocycles. The number of hydrogen-bond donors (Lipinski definition) is 0. The second-order valence-corrected chi connectivity index (χ2v) is 4.59. The predicted molar refractivity (Wildman–Crippen MR) is 73.5 cm³/mol. The van der Waals surface area contributed by atoms with Crippen LogP contribution in [0.3, 0.4) is 0 Å². The minimum atomic E-state index is -0.321. The van der Waals surface area contributed by atoms with E-state index in [2.05, 4.69) is 0 Å². The van der Waals surface area contributed by atoms with Crippen LogP contribution in [-0.2, 0) is 6.61 Å². The quantitative estimate of drug-likeness (QED) is 0.828. The molecule has 0 atom stereocenters. The van der Waals surface area contributed by atoms with Crippen LogP contribution in [0.5, 0.6) is 11.5 Å². The van der Waals surface area contributed by atoms with Gasteiger partial charge in [0.2, 0.25) is 0 Å². The van der Waals surface area contributed by atoms with Crippen LogP contribution in [0.2, 0.25) is 5.02 Å². The number of hydrogen-bond acceptors (Lipinski definition) is 2. The third kappa shape index (κ3) is 3.38. The summed E-state index contributed by atoms with van der Waals surface area (Å²) in [4.78, 5) is 0. The topological polar surface area (TPSA) is 18.5 Å². The summed E-state index contributed by atoms with van der Waals surface area (Å²) in [6.45, 7) is 2.14. The summed E-state index contributed by atoms with van der Waals surface area (Å²) >= 11 is 5.94. The van der Waals surface area contributed by atoms with E-state index in [9.17, 15) is 4.39 Å². The molecule has 2 aromatic rings. The van der Waals surface area contributed by atoms with Gasteiger partial charge < -0.3 is 9.47 Å². The van der Waals surface area contributed by atoms with Gasteiger partial charge in [-0.05, 0) is 36.8 Å². The zero-order valence-corrected chi connectivity index (χ0v) is 11.5. The highest BCUT2D eigenvalue weighted by atomic mass is 35.5. The van der Waals surface area contributed by atoms with Crippen molar-refractivity contribution in [2.45, 2.75) is 13.5 Å². The molecule has 0 aliphatic rings. The van der Waals surface area contributed by atoms with Gasteiger partial charge in [-0.1, -0.05) is 17.7 Å². The lowest BCUT2D eigenvalue weighted by atomic mass is 10.2. The average Bonchev–Trinajstić information content (AvgIpc) is 2.40. The minimum absolute atomic E-state index is 0.272. The van der Waals surface area contributed by atoms with E-state index < -0.39 is 0 Å². The predicted octanol–water partition coefficient (Wildman–Crippen LogP) is 4.38. The Morgan fingerprint density at radius 3 is 2.63 bits per heavy atom. The van der Waals surface area contributed by atoms with E-state index in [1.54, 1.807) is 31.4 Å². The largest absolute Gasteiger partial charge is 0.496 e. The van der Waals surface area contributed by atoms with Crippen molar-refractivity contribution < 1.29 is 13.9 Å². The molecule has 100 valence electrons. The number of aryl methyl sites for hydroxylation is 1. The summed E-state index contributed by atoms with van der Waals surface area (Å²) in [6.07, 6.45) is 0. The lowest BCUT2D eigenvalue weighted by Crippen LogP contribution is -2.00. The first-order chi connectivity index (χ1) is 9.10. The van der Waals surface area contributed by atoms with Gasteiger partial charge in [0, 0.05) is 16.7 Å². The zero-order valence-electron chi connectivity index (χ0n) is 10.7. The zero-order chi connectivity index (χ0) is 13.8. The molecule has 0 radical (unpaired) electrons. The summed E-state index contributed by atoms with van der Waals surface area (Å²) in [5, 5.41) is 0.607. The van der Waals surface area contributed by atoms with Crippen molar-refractivity contribution >= 4 is 11.6 Å². The van der Waals surface area contributed by atoms with Gasteiger partial charge >= 0.3 is 0 Å². The van der Waals surface area contributed by atoms with E-state index in [-0.39, 0.29) is 12.4 Å². The highest BCUT2D eigenvalue weighted by Crippen LogP contribution is 2.25. The molecule has 0 saturated carbocycles. The third-order valence-electron chi connectivity index (χ3n) is 2.78. The smallest absolute Gasteiger partial charge is 0.126 e. The van der Waals surface area contributed by atoms with E-state index in [4.69, 9.17) is 21.1 Å².